The molecule has 0 amide bonds. The maximum atomic E-state index is 11.5. The van der Waals surface area contributed by atoms with Gasteiger partial charge in [-0.25, -0.2) is 4.79 Å². The van der Waals surface area contributed by atoms with Crippen LogP contribution < -0.4 is 0 Å². The highest BCUT2D eigenvalue weighted by atomic mass is 16.5. The summed E-state index contributed by atoms with van der Waals surface area (Å²) in [5.41, 5.74) is 2.11. The van der Waals surface area contributed by atoms with Gasteiger partial charge in [0, 0.05) is 12.1 Å². The fourth-order valence-electron chi connectivity index (χ4n) is 2.44. The molecule has 1 N–H and O–H groups in total. The van der Waals surface area contributed by atoms with Gasteiger partial charge in [0.05, 0.1) is 18.4 Å². The molecular formula is C14H13NO3. The normalized spacial score (nSPS) is 18.3. The molecule has 4 heteroatoms. The number of aliphatic hydroxyl groups is 1. The zero-order chi connectivity index (χ0) is 12.7. The van der Waals surface area contributed by atoms with Gasteiger partial charge in [-0.05, 0) is 17.5 Å². The van der Waals surface area contributed by atoms with Crippen LogP contribution in [-0.4, -0.2) is 22.8 Å². The molecule has 0 fully saturated rings. The molecule has 1 aromatic heterocycles. The quantitative estimate of drug-likeness (QED) is 0.777. The molecule has 3 rings (SSSR count). The number of allylic oxidation sites excluding steroid dienone is 1. The molecule has 1 aromatic carbocycles. The average molecular weight is 243 g/mol. The van der Waals surface area contributed by atoms with Crippen molar-refractivity contribution in [2.45, 2.75) is 12.6 Å². The summed E-state index contributed by atoms with van der Waals surface area (Å²) < 4.78 is 6.68. The number of fused-ring (bicyclic) bond motifs is 3. The standard InChI is InChI=1S/C14H13NO3/c1-18-14(17)10-6-7-15-11-5-3-2-4-9(11)8-12(15)13(10)16/h2-6,8,13,16H,7H2,1H3. The van der Waals surface area contributed by atoms with Crippen LogP contribution in [0.2, 0.25) is 0 Å². The van der Waals surface area contributed by atoms with Crippen LogP contribution in [-0.2, 0) is 16.1 Å². The number of aliphatic hydroxyl groups excluding tert-OH is 1. The first-order chi connectivity index (χ1) is 8.72. The number of hydrogen-bond donors (Lipinski definition) is 1. The molecule has 0 radical (unpaired) electrons. The molecule has 2 heterocycles. The topological polar surface area (TPSA) is 51.5 Å². The monoisotopic (exact) mass is 243 g/mol. The fraction of sp³-hybridized carbons (Fsp3) is 0.214. The van der Waals surface area contributed by atoms with E-state index >= 15 is 0 Å². The number of aromatic nitrogens is 1. The van der Waals surface area contributed by atoms with Gasteiger partial charge in [-0.2, -0.15) is 0 Å². The maximum absolute atomic E-state index is 11.5. The third-order valence-electron chi connectivity index (χ3n) is 3.33. The van der Waals surface area contributed by atoms with E-state index in [1.54, 1.807) is 6.08 Å². The van der Waals surface area contributed by atoms with E-state index in [4.69, 9.17) is 0 Å². The van der Waals surface area contributed by atoms with Gasteiger partial charge in [0.25, 0.3) is 0 Å². The molecule has 4 nitrogen and oxygen atoms in total. The summed E-state index contributed by atoms with van der Waals surface area (Å²) >= 11 is 0. The van der Waals surface area contributed by atoms with Gasteiger partial charge in [0.1, 0.15) is 6.10 Å². The highest BCUT2D eigenvalue weighted by Gasteiger charge is 2.27. The van der Waals surface area contributed by atoms with Crippen molar-refractivity contribution in [2.24, 2.45) is 0 Å². The number of nitrogens with zero attached hydrogens (tertiary/aromatic N) is 1. The Morgan fingerprint density at radius 1 is 1.44 bits per heavy atom. The Bertz CT molecular complexity index is 654. The van der Waals surface area contributed by atoms with Crippen LogP contribution in [0.1, 0.15) is 11.8 Å². The highest BCUT2D eigenvalue weighted by Crippen LogP contribution is 2.32. The third-order valence-corrected chi connectivity index (χ3v) is 3.33. The zero-order valence-electron chi connectivity index (χ0n) is 9.96. The predicted molar refractivity (Wildman–Crippen MR) is 67.0 cm³/mol. The molecule has 1 atom stereocenters. The van der Waals surface area contributed by atoms with Crippen LogP contribution in [0.4, 0.5) is 0 Å². The van der Waals surface area contributed by atoms with E-state index in [-0.39, 0.29) is 0 Å². The van der Waals surface area contributed by atoms with Crippen LogP contribution >= 0.6 is 0 Å². The first-order valence-electron chi connectivity index (χ1n) is 5.77. The Morgan fingerprint density at radius 3 is 3.00 bits per heavy atom. The van der Waals surface area contributed by atoms with E-state index in [2.05, 4.69) is 4.74 Å². The Labute approximate surface area is 104 Å². The van der Waals surface area contributed by atoms with E-state index < -0.39 is 12.1 Å². The summed E-state index contributed by atoms with van der Waals surface area (Å²) in [4.78, 5) is 11.5. The van der Waals surface area contributed by atoms with Crippen molar-refractivity contribution < 1.29 is 14.6 Å². The summed E-state index contributed by atoms with van der Waals surface area (Å²) in [7, 11) is 1.32. The minimum absolute atomic E-state index is 0.313. The Hall–Kier alpha value is -2.07. The number of benzene rings is 1. The summed E-state index contributed by atoms with van der Waals surface area (Å²) in [6.07, 6.45) is 0.800. The van der Waals surface area contributed by atoms with Gasteiger partial charge in [-0.15, -0.1) is 0 Å². The second-order valence-electron chi connectivity index (χ2n) is 4.29. The minimum atomic E-state index is -0.918. The average Bonchev–Trinajstić information content (AvgIpc) is 2.78. The lowest BCUT2D eigenvalue weighted by Crippen LogP contribution is -2.20. The molecule has 92 valence electrons. The van der Waals surface area contributed by atoms with E-state index in [1.165, 1.54) is 7.11 Å². The van der Waals surface area contributed by atoms with Crippen molar-refractivity contribution in [2.75, 3.05) is 7.11 Å². The van der Waals surface area contributed by atoms with Gasteiger partial charge in [-0.1, -0.05) is 24.3 Å². The summed E-state index contributed by atoms with van der Waals surface area (Å²) in [5.74, 6) is -0.473. The van der Waals surface area contributed by atoms with Crippen molar-refractivity contribution in [1.82, 2.24) is 4.57 Å². The lowest BCUT2D eigenvalue weighted by Gasteiger charge is -2.21. The molecule has 0 saturated carbocycles. The van der Waals surface area contributed by atoms with Gasteiger partial charge < -0.3 is 14.4 Å². The molecule has 0 saturated heterocycles. The second kappa shape index (κ2) is 3.99. The third kappa shape index (κ3) is 1.46. The van der Waals surface area contributed by atoms with E-state index in [0.717, 1.165) is 16.6 Å². The smallest absolute Gasteiger partial charge is 0.336 e. The molecule has 0 aliphatic carbocycles. The lowest BCUT2D eigenvalue weighted by molar-refractivity contribution is -0.137. The lowest BCUT2D eigenvalue weighted by atomic mass is 10.0. The molecule has 1 aliphatic heterocycles. The summed E-state index contributed by atoms with van der Waals surface area (Å²) in [6.45, 7) is 0.574. The number of methoxy groups -OCH3 is 1. The second-order valence-corrected chi connectivity index (χ2v) is 4.29. The van der Waals surface area contributed by atoms with E-state index in [0.29, 0.717) is 12.1 Å². The van der Waals surface area contributed by atoms with Gasteiger partial charge >= 0.3 is 5.97 Å². The number of carbonyl (C=O) groups is 1. The van der Waals surface area contributed by atoms with Gasteiger partial charge in [0.15, 0.2) is 0 Å². The van der Waals surface area contributed by atoms with E-state index in [1.807, 2.05) is 34.9 Å². The van der Waals surface area contributed by atoms with Crippen molar-refractivity contribution in [1.29, 1.82) is 0 Å². The predicted octanol–water partition coefficient (Wildman–Crippen LogP) is 1.79. The molecule has 2 aromatic rings. The van der Waals surface area contributed by atoms with Crippen LogP contribution in [0, 0.1) is 0 Å². The Kier molecular flexibility index (Phi) is 2.45. The van der Waals surface area contributed by atoms with Crippen molar-refractivity contribution in [3.8, 4) is 0 Å². The molecule has 0 bridgehead atoms. The van der Waals surface area contributed by atoms with Crippen molar-refractivity contribution in [3.05, 3.63) is 47.7 Å². The summed E-state index contributed by atoms with van der Waals surface area (Å²) in [6, 6.07) is 9.82. The molecular weight excluding hydrogens is 230 g/mol. The number of ether oxygens (including phenoxy) is 1. The maximum Gasteiger partial charge on any atom is 0.336 e. The van der Waals surface area contributed by atoms with E-state index in [9.17, 15) is 9.90 Å². The molecule has 0 spiro atoms. The summed E-state index contributed by atoms with van der Waals surface area (Å²) in [5, 5.41) is 11.3. The molecule has 1 aliphatic rings. The Balaban J connectivity index is 2.13. The molecule has 18 heavy (non-hydrogen) atoms. The largest absolute Gasteiger partial charge is 0.466 e. The minimum Gasteiger partial charge on any atom is -0.466 e. The number of esters is 1. The van der Waals surface area contributed by atoms with Crippen molar-refractivity contribution in [3.63, 3.8) is 0 Å². The first kappa shape index (κ1) is 11.0. The van der Waals surface area contributed by atoms with Crippen LogP contribution in [0.25, 0.3) is 10.9 Å². The van der Waals surface area contributed by atoms with Gasteiger partial charge in [0.2, 0.25) is 0 Å². The van der Waals surface area contributed by atoms with Gasteiger partial charge in [-0.3, -0.25) is 0 Å². The van der Waals surface area contributed by atoms with Crippen LogP contribution in [0.15, 0.2) is 42.0 Å². The number of rotatable bonds is 1. The van der Waals surface area contributed by atoms with Crippen molar-refractivity contribution >= 4 is 16.9 Å². The molecule has 1 unspecified atom stereocenters. The Morgan fingerprint density at radius 2 is 2.22 bits per heavy atom. The fourth-order valence-corrected chi connectivity index (χ4v) is 2.44. The van der Waals surface area contributed by atoms with Crippen LogP contribution in [0.3, 0.4) is 0 Å². The first-order valence-corrected chi connectivity index (χ1v) is 5.77. The number of carbonyl (C=O) groups excluding carboxylic acids is 1. The van der Waals surface area contributed by atoms with Crippen LogP contribution in [0.5, 0.6) is 0 Å². The zero-order valence-corrected chi connectivity index (χ0v) is 9.96. The highest BCUT2D eigenvalue weighted by molar-refractivity contribution is 5.91. The number of para-hydroxylation sites is 1. The number of hydrogen-bond acceptors (Lipinski definition) is 3. The SMILES string of the molecule is COC(=O)C1=CCn2c(cc3ccccc32)C1O.